The molecule has 5 nitrogen and oxygen atoms in total. The molecule has 1 N–H and O–H groups in total. The smallest absolute Gasteiger partial charge is 0.416 e. The van der Waals surface area contributed by atoms with Gasteiger partial charge in [0.1, 0.15) is 0 Å². The fourth-order valence-corrected chi connectivity index (χ4v) is 3.90. The molecule has 1 aromatic heterocycles. The van der Waals surface area contributed by atoms with Crippen molar-refractivity contribution in [3.8, 4) is 0 Å². The highest BCUT2D eigenvalue weighted by Crippen LogP contribution is 2.31. The summed E-state index contributed by atoms with van der Waals surface area (Å²) in [6.07, 6.45) is -2.35. The van der Waals surface area contributed by atoms with E-state index in [4.69, 9.17) is 4.74 Å². The molecular weight excluding hydrogens is 421 g/mol. The maximum Gasteiger partial charge on any atom is 0.416 e. The summed E-state index contributed by atoms with van der Waals surface area (Å²) in [5.74, 6) is -1.36. The Hall–Kier alpha value is -3.42. The Balaban J connectivity index is 1.56. The number of esters is 1. The lowest BCUT2D eigenvalue weighted by Crippen LogP contribution is -2.30. The van der Waals surface area contributed by atoms with Crippen LogP contribution >= 0.6 is 0 Å². The average Bonchev–Trinajstić information content (AvgIpc) is 2.76. The molecule has 1 aliphatic rings. The summed E-state index contributed by atoms with van der Waals surface area (Å²) < 4.78 is 44.1. The number of ether oxygens (including phenoxy) is 1. The van der Waals surface area contributed by atoms with Crippen molar-refractivity contribution < 1.29 is 27.5 Å². The highest BCUT2D eigenvalue weighted by molar-refractivity contribution is 6.06. The number of hydrogen-bond acceptors (Lipinski definition) is 4. The first-order chi connectivity index (χ1) is 15.2. The van der Waals surface area contributed by atoms with Gasteiger partial charge in [0.2, 0.25) is 0 Å². The van der Waals surface area contributed by atoms with E-state index in [1.54, 1.807) is 12.1 Å². The Labute approximate surface area is 182 Å². The second-order valence-electron chi connectivity index (χ2n) is 7.75. The number of pyridine rings is 1. The van der Waals surface area contributed by atoms with Gasteiger partial charge in [-0.3, -0.25) is 9.78 Å². The molecule has 1 amide bonds. The van der Waals surface area contributed by atoms with E-state index in [0.717, 1.165) is 42.7 Å². The van der Waals surface area contributed by atoms with E-state index < -0.39 is 29.7 Å². The van der Waals surface area contributed by atoms with Crippen LogP contribution in [0.2, 0.25) is 0 Å². The highest BCUT2D eigenvalue weighted by atomic mass is 19.4. The van der Waals surface area contributed by atoms with Gasteiger partial charge in [-0.15, -0.1) is 0 Å². The van der Waals surface area contributed by atoms with Gasteiger partial charge < -0.3 is 10.1 Å². The minimum atomic E-state index is -4.53. The molecule has 0 fully saturated rings. The first kappa shape index (κ1) is 21.8. The zero-order valence-electron chi connectivity index (χ0n) is 17.3. The van der Waals surface area contributed by atoms with Crippen LogP contribution in [0, 0.1) is 0 Å². The number of carbonyl (C=O) groups excluding carboxylic acids is 2. The fourth-order valence-electron chi connectivity index (χ4n) is 3.90. The summed E-state index contributed by atoms with van der Waals surface area (Å²) in [7, 11) is 0. The maximum absolute atomic E-state index is 13.1. The number of amides is 1. The second-order valence-corrected chi connectivity index (χ2v) is 7.75. The summed E-state index contributed by atoms with van der Waals surface area (Å²) in [5, 5.41) is 3.04. The third-order valence-corrected chi connectivity index (χ3v) is 5.48. The zero-order valence-corrected chi connectivity index (χ0v) is 17.3. The second kappa shape index (κ2) is 8.61. The van der Waals surface area contributed by atoms with Crippen LogP contribution in [0.3, 0.4) is 0 Å². The summed E-state index contributed by atoms with van der Waals surface area (Å²) >= 11 is 0. The number of anilines is 1. The van der Waals surface area contributed by atoms with E-state index in [0.29, 0.717) is 22.9 Å². The van der Waals surface area contributed by atoms with E-state index in [-0.39, 0.29) is 5.69 Å². The fraction of sp³-hybridized carbons (Fsp3) is 0.292. The van der Waals surface area contributed by atoms with E-state index in [2.05, 4.69) is 10.3 Å². The number of fused-ring (bicyclic) bond motifs is 2. The predicted octanol–water partition coefficient (Wildman–Crippen LogP) is 5.32. The van der Waals surface area contributed by atoms with Crippen molar-refractivity contribution in [2.24, 2.45) is 0 Å². The van der Waals surface area contributed by atoms with Crippen molar-refractivity contribution in [1.29, 1.82) is 0 Å². The molecular formula is C24H21F3N2O3. The van der Waals surface area contributed by atoms with Crippen molar-refractivity contribution in [3.05, 3.63) is 70.9 Å². The molecule has 0 saturated carbocycles. The molecule has 4 rings (SSSR count). The van der Waals surface area contributed by atoms with Crippen LogP contribution < -0.4 is 5.32 Å². The van der Waals surface area contributed by atoms with E-state index in [1.165, 1.54) is 19.1 Å². The summed E-state index contributed by atoms with van der Waals surface area (Å²) in [5.41, 5.74) is 1.88. The standard InChI is InChI=1S/C24H21F3N2O3/c1-14(22(30)28-16-8-6-7-15(13-16)24(25,26)27)32-23(31)21-17-9-2-4-11-19(17)29-20-12-5-3-10-18(20)21/h2,4,6-9,11,13-14H,3,5,10,12H2,1H3,(H,28,30). The number of benzene rings is 2. The topological polar surface area (TPSA) is 68.3 Å². The van der Waals surface area contributed by atoms with Crippen molar-refractivity contribution >= 4 is 28.5 Å². The van der Waals surface area contributed by atoms with E-state index >= 15 is 0 Å². The van der Waals surface area contributed by atoms with Gasteiger partial charge in [-0.2, -0.15) is 13.2 Å². The number of carbonyl (C=O) groups is 2. The largest absolute Gasteiger partial charge is 0.449 e. The molecule has 166 valence electrons. The van der Waals surface area contributed by atoms with E-state index in [9.17, 15) is 22.8 Å². The molecule has 3 aromatic rings. The minimum Gasteiger partial charge on any atom is -0.449 e. The number of aromatic nitrogens is 1. The molecule has 0 spiro atoms. The van der Waals surface area contributed by atoms with Crippen molar-refractivity contribution in [2.45, 2.75) is 44.9 Å². The van der Waals surface area contributed by atoms with Gasteiger partial charge in [0, 0.05) is 16.8 Å². The lowest BCUT2D eigenvalue weighted by atomic mass is 9.90. The molecule has 8 heteroatoms. The molecule has 0 bridgehead atoms. The molecule has 1 aliphatic carbocycles. The van der Waals surface area contributed by atoms with Crippen LogP contribution in [0.4, 0.5) is 18.9 Å². The van der Waals surface area contributed by atoms with Crippen LogP contribution in [0.25, 0.3) is 10.9 Å². The Kier molecular flexibility index (Phi) is 5.86. The van der Waals surface area contributed by atoms with Crippen molar-refractivity contribution in [2.75, 3.05) is 5.32 Å². The van der Waals surface area contributed by atoms with Crippen LogP contribution in [-0.4, -0.2) is 23.0 Å². The third-order valence-electron chi connectivity index (χ3n) is 5.48. The van der Waals surface area contributed by atoms with Gasteiger partial charge in [0.25, 0.3) is 5.91 Å². The van der Waals surface area contributed by atoms with Crippen LogP contribution in [0.5, 0.6) is 0 Å². The monoisotopic (exact) mass is 442 g/mol. The molecule has 0 radical (unpaired) electrons. The lowest BCUT2D eigenvalue weighted by molar-refractivity contribution is -0.137. The van der Waals surface area contributed by atoms with Crippen LogP contribution in [-0.2, 0) is 28.5 Å². The molecule has 1 unspecified atom stereocenters. The third kappa shape index (κ3) is 4.44. The number of rotatable bonds is 4. The lowest BCUT2D eigenvalue weighted by Gasteiger charge is -2.21. The molecule has 0 saturated heterocycles. The Bertz CT molecular complexity index is 1190. The Morgan fingerprint density at radius 2 is 1.81 bits per heavy atom. The van der Waals surface area contributed by atoms with Gasteiger partial charge in [0.05, 0.1) is 16.6 Å². The van der Waals surface area contributed by atoms with E-state index in [1.807, 2.05) is 12.1 Å². The number of halogens is 3. The minimum absolute atomic E-state index is 0.0283. The summed E-state index contributed by atoms with van der Waals surface area (Å²) in [6, 6.07) is 11.5. The van der Waals surface area contributed by atoms with Gasteiger partial charge >= 0.3 is 12.1 Å². The summed E-state index contributed by atoms with van der Waals surface area (Å²) in [4.78, 5) is 30.3. The zero-order chi connectivity index (χ0) is 22.9. The summed E-state index contributed by atoms with van der Waals surface area (Å²) in [6.45, 7) is 1.39. The number of para-hydroxylation sites is 1. The number of nitrogens with zero attached hydrogens (tertiary/aromatic N) is 1. The highest BCUT2D eigenvalue weighted by Gasteiger charge is 2.31. The molecule has 1 heterocycles. The SMILES string of the molecule is CC(OC(=O)c1c2c(nc3ccccc13)CCCC2)C(=O)Nc1cccc(C(F)(F)F)c1. The molecule has 2 aromatic carbocycles. The molecule has 1 atom stereocenters. The first-order valence-electron chi connectivity index (χ1n) is 10.3. The quantitative estimate of drug-likeness (QED) is 0.556. The van der Waals surface area contributed by atoms with Gasteiger partial charge in [-0.25, -0.2) is 4.79 Å². The number of nitrogens with one attached hydrogen (secondary N) is 1. The van der Waals surface area contributed by atoms with Crippen LogP contribution in [0.1, 0.15) is 46.9 Å². The van der Waals surface area contributed by atoms with Gasteiger partial charge in [0.15, 0.2) is 6.10 Å². The Morgan fingerprint density at radius 1 is 1.06 bits per heavy atom. The predicted molar refractivity (Wildman–Crippen MR) is 113 cm³/mol. The maximum atomic E-state index is 13.1. The van der Waals surface area contributed by atoms with Crippen molar-refractivity contribution in [1.82, 2.24) is 4.98 Å². The molecule has 0 aliphatic heterocycles. The van der Waals surface area contributed by atoms with Crippen molar-refractivity contribution in [3.63, 3.8) is 0 Å². The average molecular weight is 442 g/mol. The van der Waals surface area contributed by atoms with Gasteiger partial charge in [-0.05, 0) is 62.4 Å². The normalized spacial score (nSPS) is 14.5. The number of alkyl halides is 3. The van der Waals surface area contributed by atoms with Gasteiger partial charge in [-0.1, -0.05) is 24.3 Å². The molecule has 32 heavy (non-hydrogen) atoms. The first-order valence-corrected chi connectivity index (χ1v) is 10.3. The van der Waals surface area contributed by atoms with Crippen LogP contribution in [0.15, 0.2) is 48.5 Å². The number of aryl methyl sites for hydroxylation is 1. The Morgan fingerprint density at radius 3 is 2.59 bits per heavy atom. The number of hydrogen-bond donors (Lipinski definition) is 1.